The molecule has 1 aromatic carbocycles. The first kappa shape index (κ1) is 20.4. The normalized spacial score (nSPS) is 17.4. The van der Waals surface area contributed by atoms with Crippen LogP contribution < -0.4 is 9.80 Å². The molecule has 2 saturated heterocycles. The van der Waals surface area contributed by atoms with Crippen LogP contribution in [0.25, 0.3) is 0 Å². The summed E-state index contributed by atoms with van der Waals surface area (Å²) < 4.78 is 21.5. The van der Waals surface area contributed by atoms with Crippen LogP contribution in [0.5, 0.6) is 0 Å². The van der Waals surface area contributed by atoms with E-state index in [1.54, 1.807) is 26.0 Å². The first-order valence-corrected chi connectivity index (χ1v) is 9.83. The van der Waals surface area contributed by atoms with E-state index in [4.69, 9.17) is 18.9 Å². The molecule has 0 atom stereocenters. The minimum atomic E-state index is -0.395. The highest BCUT2D eigenvalue weighted by Gasteiger charge is 2.27. The molecule has 0 N–H and O–H groups in total. The van der Waals surface area contributed by atoms with Crippen LogP contribution in [-0.4, -0.2) is 77.8 Å². The van der Waals surface area contributed by atoms with Crippen molar-refractivity contribution in [2.24, 2.45) is 0 Å². The smallest absolute Gasteiger partial charge is 0.340 e. The zero-order valence-electron chi connectivity index (χ0n) is 16.6. The van der Waals surface area contributed by atoms with E-state index in [2.05, 4.69) is 9.80 Å². The molecule has 0 aromatic heterocycles. The van der Waals surface area contributed by atoms with E-state index in [-0.39, 0.29) is 13.2 Å². The fourth-order valence-corrected chi connectivity index (χ4v) is 3.45. The average Bonchev–Trinajstić information content (AvgIpc) is 2.74. The van der Waals surface area contributed by atoms with Gasteiger partial charge in [-0.1, -0.05) is 0 Å². The highest BCUT2D eigenvalue weighted by atomic mass is 16.5. The van der Waals surface area contributed by atoms with Gasteiger partial charge in [-0.05, 0) is 26.0 Å². The number of hydrogen-bond acceptors (Lipinski definition) is 8. The van der Waals surface area contributed by atoms with Crippen LogP contribution in [-0.2, 0) is 18.9 Å². The van der Waals surface area contributed by atoms with Crippen LogP contribution >= 0.6 is 0 Å². The van der Waals surface area contributed by atoms with Crippen LogP contribution in [0.1, 0.15) is 34.6 Å². The Morgan fingerprint density at radius 3 is 1.46 bits per heavy atom. The largest absolute Gasteiger partial charge is 0.462 e. The lowest BCUT2D eigenvalue weighted by atomic mass is 10.0. The maximum atomic E-state index is 12.7. The Labute approximate surface area is 165 Å². The van der Waals surface area contributed by atoms with Gasteiger partial charge >= 0.3 is 11.9 Å². The standard InChI is InChI=1S/C20H28N2O6/c1-3-27-19(23)15-13-18(22-7-11-26-12-8-22)16(20(24)28-4-2)14-17(15)21-5-9-25-10-6-21/h13-14H,3-12H2,1-2H3. The Hall–Kier alpha value is -2.32. The van der Waals surface area contributed by atoms with Crippen molar-refractivity contribution in [3.63, 3.8) is 0 Å². The summed E-state index contributed by atoms with van der Waals surface area (Å²) in [4.78, 5) is 29.5. The molecular formula is C20H28N2O6. The Balaban J connectivity index is 2.09. The number of anilines is 2. The Morgan fingerprint density at radius 1 is 0.786 bits per heavy atom. The molecule has 0 unspecified atom stereocenters. The third kappa shape index (κ3) is 4.56. The highest BCUT2D eigenvalue weighted by Crippen LogP contribution is 2.33. The number of benzene rings is 1. The summed E-state index contributed by atoms with van der Waals surface area (Å²) in [7, 11) is 0. The van der Waals surface area contributed by atoms with Gasteiger partial charge in [-0.15, -0.1) is 0 Å². The van der Waals surface area contributed by atoms with Crippen LogP contribution in [0.4, 0.5) is 11.4 Å². The fourth-order valence-electron chi connectivity index (χ4n) is 3.45. The van der Waals surface area contributed by atoms with E-state index in [0.717, 1.165) is 0 Å². The molecule has 1 aromatic rings. The predicted octanol–water partition coefficient (Wildman–Crippen LogP) is 1.71. The number of hydrogen-bond donors (Lipinski definition) is 0. The number of nitrogens with zero attached hydrogens (tertiary/aromatic N) is 2. The van der Waals surface area contributed by atoms with Crippen LogP contribution in [0, 0.1) is 0 Å². The molecular weight excluding hydrogens is 364 g/mol. The maximum absolute atomic E-state index is 12.7. The molecule has 28 heavy (non-hydrogen) atoms. The van der Waals surface area contributed by atoms with E-state index in [0.29, 0.717) is 75.1 Å². The average molecular weight is 392 g/mol. The molecule has 154 valence electrons. The lowest BCUT2D eigenvalue weighted by Gasteiger charge is -2.34. The molecule has 2 aliphatic heterocycles. The Morgan fingerprint density at radius 2 is 1.14 bits per heavy atom. The third-order valence-electron chi connectivity index (χ3n) is 4.81. The van der Waals surface area contributed by atoms with Gasteiger partial charge in [-0.2, -0.15) is 0 Å². The third-order valence-corrected chi connectivity index (χ3v) is 4.81. The van der Waals surface area contributed by atoms with Crippen molar-refractivity contribution < 1.29 is 28.5 Å². The molecule has 2 fully saturated rings. The zero-order chi connectivity index (χ0) is 19.9. The number of ether oxygens (including phenoxy) is 4. The minimum Gasteiger partial charge on any atom is -0.462 e. The summed E-state index contributed by atoms with van der Waals surface area (Å²) in [5, 5.41) is 0. The van der Waals surface area contributed by atoms with Crippen LogP contribution in [0.2, 0.25) is 0 Å². The summed E-state index contributed by atoms with van der Waals surface area (Å²) in [6, 6.07) is 3.53. The highest BCUT2D eigenvalue weighted by molar-refractivity contribution is 6.03. The SMILES string of the molecule is CCOC(=O)c1cc(N2CCOCC2)c(C(=O)OCC)cc1N1CCOCC1. The first-order chi connectivity index (χ1) is 13.7. The number of morpholine rings is 2. The lowest BCUT2D eigenvalue weighted by molar-refractivity contribution is 0.0511. The van der Waals surface area contributed by atoms with E-state index in [9.17, 15) is 9.59 Å². The van der Waals surface area contributed by atoms with Crippen molar-refractivity contribution in [1.82, 2.24) is 0 Å². The topological polar surface area (TPSA) is 77.5 Å². The molecule has 0 radical (unpaired) electrons. The summed E-state index contributed by atoms with van der Waals surface area (Å²) >= 11 is 0. The molecule has 8 nitrogen and oxygen atoms in total. The predicted molar refractivity (Wildman–Crippen MR) is 104 cm³/mol. The van der Waals surface area contributed by atoms with Gasteiger partial charge in [0, 0.05) is 26.2 Å². The minimum absolute atomic E-state index is 0.286. The maximum Gasteiger partial charge on any atom is 0.340 e. The van der Waals surface area contributed by atoms with E-state index in [1.165, 1.54) is 0 Å². The quantitative estimate of drug-likeness (QED) is 0.677. The Kier molecular flexibility index (Phi) is 7.11. The van der Waals surface area contributed by atoms with Gasteiger partial charge in [0.1, 0.15) is 0 Å². The number of carbonyl (C=O) groups is 2. The molecule has 0 amide bonds. The van der Waals surface area contributed by atoms with Gasteiger partial charge in [0.05, 0.1) is 62.1 Å². The van der Waals surface area contributed by atoms with Crippen LogP contribution in [0.15, 0.2) is 12.1 Å². The summed E-state index contributed by atoms with van der Waals surface area (Å²) in [6.07, 6.45) is 0. The van der Waals surface area contributed by atoms with E-state index >= 15 is 0 Å². The molecule has 2 aliphatic rings. The first-order valence-electron chi connectivity index (χ1n) is 9.83. The number of rotatable bonds is 6. The molecule has 0 spiro atoms. The van der Waals surface area contributed by atoms with Gasteiger partial charge in [0.2, 0.25) is 0 Å². The van der Waals surface area contributed by atoms with Crippen molar-refractivity contribution in [3.05, 3.63) is 23.3 Å². The van der Waals surface area contributed by atoms with Gasteiger partial charge < -0.3 is 28.7 Å². The molecule has 3 rings (SSSR count). The monoisotopic (exact) mass is 392 g/mol. The van der Waals surface area contributed by atoms with Crippen LogP contribution in [0.3, 0.4) is 0 Å². The lowest BCUT2D eigenvalue weighted by Crippen LogP contribution is -2.39. The second-order valence-corrected chi connectivity index (χ2v) is 6.53. The summed E-state index contributed by atoms with van der Waals surface area (Å²) in [5.74, 6) is -0.789. The number of esters is 2. The number of carbonyl (C=O) groups excluding carboxylic acids is 2. The fraction of sp³-hybridized carbons (Fsp3) is 0.600. The van der Waals surface area contributed by atoms with Crippen molar-refractivity contribution in [2.75, 3.05) is 75.6 Å². The van der Waals surface area contributed by atoms with Gasteiger partial charge in [0.15, 0.2) is 0 Å². The molecule has 0 saturated carbocycles. The van der Waals surface area contributed by atoms with Gasteiger partial charge in [0.25, 0.3) is 0 Å². The van der Waals surface area contributed by atoms with E-state index in [1.807, 2.05) is 0 Å². The molecule has 2 heterocycles. The second-order valence-electron chi connectivity index (χ2n) is 6.53. The summed E-state index contributed by atoms with van der Waals surface area (Å²) in [5.41, 5.74) is 2.28. The molecule has 8 heteroatoms. The molecule has 0 aliphatic carbocycles. The van der Waals surface area contributed by atoms with Gasteiger partial charge in [-0.25, -0.2) is 9.59 Å². The van der Waals surface area contributed by atoms with Crippen molar-refractivity contribution in [3.8, 4) is 0 Å². The van der Waals surface area contributed by atoms with E-state index < -0.39 is 11.9 Å². The van der Waals surface area contributed by atoms with Crippen molar-refractivity contribution >= 4 is 23.3 Å². The summed E-state index contributed by atoms with van der Waals surface area (Å²) in [6.45, 7) is 9.00. The second kappa shape index (κ2) is 9.75. The Bertz CT molecular complexity index is 636. The molecule has 0 bridgehead atoms. The van der Waals surface area contributed by atoms with Crippen molar-refractivity contribution in [2.45, 2.75) is 13.8 Å². The van der Waals surface area contributed by atoms with Crippen molar-refractivity contribution in [1.29, 1.82) is 0 Å². The zero-order valence-corrected chi connectivity index (χ0v) is 16.6. The van der Waals surface area contributed by atoms with Gasteiger partial charge in [-0.3, -0.25) is 0 Å².